The Kier molecular flexibility index (Phi) is 15.9. The predicted molar refractivity (Wildman–Crippen MR) is 84.0 cm³/mol. The summed E-state index contributed by atoms with van der Waals surface area (Å²) in [5.41, 5.74) is 0. The minimum atomic E-state index is 0.140. The highest BCUT2D eigenvalue weighted by atomic mass is 16.5. The van der Waals surface area contributed by atoms with E-state index in [-0.39, 0.29) is 12.2 Å². The summed E-state index contributed by atoms with van der Waals surface area (Å²) >= 11 is 0. The molecule has 0 bridgehead atoms. The molecule has 7 heteroatoms. The van der Waals surface area contributed by atoms with Gasteiger partial charge in [-0.2, -0.15) is 0 Å². The van der Waals surface area contributed by atoms with Crippen LogP contribution in [0, 0.1) is 0 Å². The fourth-order valence-corrected chi connectivity index (χ4v) is 1.76. The van der Waals surface area contributed by atoms with Crippen molar-refractivity contribution in [3.05, 3.63) is 0 Å². The van der Waals surface area contributed by atoms with E-state index in [1.54, 1.807) is 28.4 Å². The van der Waals surface area contributed by atoms with Crippen LogP contribution in [0.3, 0.4) is 0 Å². The molecule has 0 rings (SSSR count). The van der Waals surface area contributed by atoms with E-state index in [9.17, 15) is 0 Å². The maximum Gasteiger partial charge on any atom is 0.0819 e. The largest absolute Gasteiger partial charge is 0.383 e. The molecule has 0 aliphatic heterocycles. The smallest absolute Gasteiger partial charge is 0.0819 e. The molecule has 0 aromatic heterocycles. The van der Waals surface area contributed by atoms with E-state index >= 15 is 0 Å². The summed E-state index contributed by atoms with van der Waals surface area (Å²) in [5, 5.41) is 9.96. The number of hydrogen-bond acceptors (Lipinski definition) is 7. The van der Waals surface area contributed by atoms with E-state index in [1.165, 1.54) is 0 Å². The van der Waals surface area contributed by atoms with Crippen LogP contribution in [0.4, 0.5) is 0 Å². The summed E-state index contributed by atoms with van der Waals surface area (Å²) in [7, 11) is 6.85. The van der Waals surface area contributed by atoms with Crippen LogP contribution in [-0.4, -0.2) is 93.1 Å². The van der Waals surface area contributed by atoms with Gasteiger partial charge in [0.2, 0.25) is 0 Å². The Bertz CT molecular complexity index is 191. The van der Waals surface area contributed by atoms with Gasteiger partial charge < -0.3 is 34.9 Å². The normalized spacial score (nSPS) is 14.3. The van der Waals surface area contributed by atoms with Crippen molar-refractivity contribution in [1.82, 2.24) is 16.0 Å². The van der Waals surface area contributed by atoms with Gasteiger partial charge in [0.25, 0.3) is 0 Å². The Morgan fingerprint density at radius 1 is 0.619 bits per heavy atom. The van der Waals surface area contributed by atoms with Crippen LogP contribution in [0.2, 0.25) is 0 Å². The third kappa shape index (κ3) is 13.1. The fraction of sp³-hybridized carbons (Fsp3) is 1.00. The van der Waals surface area contributed by atoms with E-state index in [2.05, 4.69) is 16.0 Å². The van der Waals surface area contributed by atoms with Crippen LogP contribution in [0.5, 0.6) is 0 Å². The molecule has 128 valence electrons. The molecule has 0 saturated heterocycles. The molecule has 0 aliphatic carbocycles. The Morgan fingerprint density at radius 2 is 1.00 bits per heavy atom. The molecular weight excluding hydrogens is 274 g/mol. The molecule has 0 heterocycles. The van der Waals surface area contributed by atoms with Gasteiger partial charge in [-0.15, -0.1) is 0 Å². The maximum atomic E-state index is 5.42. The SMILES string of the molecule is COCCNCC(CNCC(CNCCOC)OC)OC. The molecule has 2 atom stereocenters. The lowest BCUT2D eigenvalue weighted by molar-refractivity contribution is 0.0784. The lowest BCUT2D eigenvalue weighted by Gasteiger charge is -2.20. The van der Waals surface area contributed by atoms with Crippen molar-refractivity contribution in [2.75, 3.05) is 80.9 Å². The van der Waals surface area contributed by atoms with Crippen molar-refractivity contribution >= 4 is 0 Å². The zero-order chi connectivity index (χ0) is 15.8. The van der Waals surface area contributed by atoms with Gasteiger partial charge in [-0.05, 0) is 0 Å². The first-order chi connectivity index (χ1) is 10.3. The number of methoxy groups -OCH3 is 4. The topological polar surface area (TPSA) is 73.0 Å². The van der Waals surface area contributed by atoms with Crippen molar-refractivity contribution < 1.29 is 18.9 Å². The second-order valence-electron chi connectivity index (χ2n) is 4.77. The Labute approximate surface area is 129 Å². The van der Waals surface area contributed by atoms with Crippen LogP contribution < -0.4 is 16.0 Å². The second kappa shape index (κ2) is 16.1. The molecule has 0 fully saturated rings. The Hall–Kier alpha value is -0.280. The van der Waals surface area contributed by atoms with Crippen molar-refractivity contribution in [3.8, 4) is 0 Å². The van der Waals surface area contributed by atoms with Gasteiger partial charge in [0.05, 0.1) is 25.4 Å². The summed E-state index contributed by atoms with van der Waals surface area (Å²) in [5.74, 6) is 0. The van der Waals surface area contributed by atoms with Crippen LogP contribution >= 0.6 is 0 Å². The van der Waals surface area contributed by atoms with E-state index in [0.29, 0.717) is 13.2 Å². The van der Waals surface area contributed by atoms with Crippen LogP contribution in [-0.2, 0) is 18.9 Å². The third-order valence-electron chi connectivity index (χ3n) is 3.12. The molecule has 0 radical (unpaired) electrons. The minimum Gasteiger partial charge on any atom is -0.383 e. The molecule has 0 amide bonds. The van der Waals surface area contributed by atoms with Crippen molar-refractivity contribution in [2.45, 2.75) is 12.2 Å². The van der Waals surface area contributed by atoms with Gasteiger partial charge >= 0.3 is 0 Å². The maximum absolute atomic E-state index is 5.42. The highest BCUT2D eigenvalue weighted by Gasteiger charge is 2.10. The zero-order valence-electron chi connectivity index (χ0n) is 13.9. The van der Waals surface area contributed by atoms with Gasteiger partial charge in [0.15, 0.2) is 0 Å². The lowest BCUT2D eigenvalue weighted by atomic mass is 10.3. The van der Waals surface area contributed by atoms with Crippen molar-refractivity contribution in [3.63, 3.8) is 0 Å². The highest BCUT2D eigenvalue weighted by Crippen LogP contribution is 1.89. The van der Waals surface area contributed by atoms with Crippen molar-refractivity contribution in [1.29, 1.82) is 0 Å². The number of ether oxygens (including phenoxy) is 4. The summed E-state index contributed by atoms with van der Waals surface area (Å²) in [6, 6.07) is 0. The van der Waals surface area contributed by atoms with Crippen LogP contribution in [0.15, 0.2) is 0 Å². The molecule has 21 heavy (non-hydrogen) atoms. The van der Waals surface area contributed by atoms with E-state index < -0.39 is 0 Å². The molecule has 7 nitrogen and oxygen atoms in total. The first-order valence-electron chi connectivity index (χ1n) is 7.44. The molecule has 0 aromatic carbocycles. The summed E-state index contributed by atoms with van der Waals surface area (Å²) in [4.78, 5) is 0. The van der Waals surface area contributed by atoms with Gasteiger partial charge in [-0.25, -0.2) is 0 Å². The van der Waals surface area contributed by atoms with Gasteiger partial charge in [0.1, 0.15) is 0 Å². The zero-order valence-corrected chi connectivity index (χ0v) is 13.9. The standard InChI is InChI=1S/C14H33N3O4/c1-18-7-5-15-9-13(20-3)11-17-12-14(21-4)10-16-6-8-19-2/h13-17H,5-12H2,1-4H3. The second-order valence-corrected chi connectivity index (χ2v) is 4.77. The number of rotatable bonds is 16. The predicted octanol–water partition coefficient (Wildman–Crippen LogP) is -0.922. The third-order valence-corrected chi connectivity index (χ3v) is 3.12. The summed E-state index contributed by atoms with van der Waals surface area (Å²) in [6.45, 7) is 6.27. The van der Waals surface area contributed by atoms with Gasteiger partial charge in [0, 0.05) is 67.7 Å². The summed E-state index contributed by atoms with van der Waals surface area (Å²) in [6.07, 6.45) is 0.279. The summed E-state index contributed by atoms with van der Waals surface area (Å²) < 4.78 is 20.8. The number of hydrogen-bond donors (Lipinski definition) is 3. The quantitative estimate of drug-likeness (QED) is 0.318. The van der Waals surface area contributed by atoms with Gasteiger partial charge in [-0.1, -0.05) is 0 Å². The fourth-order valence-electron chi connectivity index (χ4n) is 1.76. The van der Waals surface area contributed by atoms with Gasteiger partial charge in [-0.3, -0.25) is 0 Å². The first kappa shape index (κ1) is 20.7. The Balaban J connectivity index is 3.64. The van der Waals surface area contributed by atoms with E-state index in [0.717, 1.165) is 39.3 Å². The van der Waals surface area contributed by atoms with Crippen molar-refractivity contribution in [2.24, 2.45) is 0 Å². The molecule has 0 spiro atoms. The van der Waals surface area contributed by atoms with Crippen LogP contribution in [0.1, 0.15) is 0 Å². The minimum absolute atomic E-state index is 0.140. The van der Waals surface area contributed by atoms with E-state index in [4.69, 9.17) is 18.9 Å². The highest BCUT2D eigenvalue weighted by molar-refractivity contribution is 4.69. The molecule has 0 saturated carbocycles. The average Bonchev–Trinajstić information content (AvgIpc) is 2.51. The molecule has 0 aromatic rings. The monoisotopic (exact) mass is 307 g/mol. The molecule has 3 N–H and O–H groups in total. The number of nitrogens with one attached hydrogen (secondary N) is 3. The molecule has 2 unspecified atom stereocenters. The molecule has 0 aliphatic rings. The average molecular weight is 307 g/mol. The van der Waals surface area contributed by atoms with Crippen LogP contribution in [0.25, 0.3) is 0 Å². The van der Waals surface area contributed by atoms with E-state index in [1.807, 2.05) is 0 Å². The first-order valence-corrected chi connectivity index (χ1v) is 7.44. The Morgan fingerprint density at radius 3 is 1.33 bits per heavy atom. The molecular formula is C14H33N3O4. The lowest BCUT2D eigenvalue weighted by Crippen LogP contribution is -2.43.